The maximum atomic E-state index is 12.2. The van der Waals surface area contributed by atoms with Crippen LogP contribution < -0.4 is 0 Å². The second kappa shape index (κ2) is 5.39. The van der Waals surface area contributed by atoms with Crippen LogP contribution in [0.15, 0.2) is 0 Å². The fraction of sp³-hybridized carbons (Fsp3) is 0.905. The Hall–Kier alpha value is -0.740. The van der Waals surface area contributed by atoms with Crippen LogP contribution in [0, 0.1) is 34.5 Å². The predicted molar refractivity (Wildman–Crippen MR) is 93.8 cm³/mol. The number of rotatable bonds is 1. The number of Topliss-reactive ketones (excluding diaryl/α,β-unsaturated/α-hetero) is 2. The van der Waals surface area contributed by atoms with Crippen LogP contribution >= 0.6 is 0 Å². The molecule has 2 N–H and O–H groups in total. The smallest absolute Gasteiger partial charge is 0.161 e. The Morgan fingerprint density at radius 1 is 1.08 bits per heavy atom. The van der Waals surface area contributed by atoms with Crippen LogP contribution in [0.25, 0.3) is 0 Å². The van der Waals surface area contributed by atoms with Gasteiger partial charge in [-0.05, 0) is 74.5 Å². The van der Waals surface area contributed by atoms with Crippen molar-refractivity contribution in [1.82, 2.24) is 0 Å². The van der Waals surface area contributed by atoms with Crippen molar-refractivity contribution in [2.75, 3.05) is 0 Å². The largest absolute Gasteiger partial charge is 0.393 e. The lowest BCUT2D eigenvalue weighted by Gasteiger charge is -2.61. The summed E-state index contributed by atoms with van der Waals surface area (Å²) in [5.41, 5.74) is -1.55. The van der Waals surface area contributed by atoms with Crippen molar-refractivity contribution >= 4 is 11.6 Å². The molecule has 8 unspecified atom stereocenters. The third-order valence-electron chi connectivity index (χ3n) is 9.23. The van der Waals surface area contributed by atoms with E-state index in [0.717, 1.165) is 32.1 Å². The standard InChI is InChI=1S/C21H32O4/c1-12(22)21(25)9-6-16-14-11-18(24)17-10-13(23)4-7-19(17,2)15(14)5-8-20(16,21)3/h14-18,24-25H,4-11H2,1-3H3. The van der Waals surface area contributed by atoms with Crippen LogP contribution in [0.1, 0.15) is 72.1 Å². The molecule has 4 aliphatic rings. The quantitative estimate of drug-likeness (QED) is 0.764. The summed E-state index contributed by atoms with van der Waals surface area (Å²) in [6.45, 7) is 5.92. The topological polar surface area (TPSA) is 74.6 Å². The third kappa shape index (κ3) is 2.13. The van der Waals surface area contributed by atoms with Gasteiger partial charge in [-0.25, -0.2) is 0 Å². The van der Waals surface area contributed by atoms with E-state index in [0.29, 0.717) is 42.8 Å². The van der Waals surface area contributed by atoms with Gasteiger partial charge in [0.25, 0.3) is 0 Å². The van der Waals surface area contributed by atoms with Crippen LogP contribution in [0.5, 0.6) is 0 Å². The Kier molecular flexibility index (Phi) is 3.81. The first-order valence-corrected chi connectivity index (χ1v) is 10.1. The number of fused-ring (bicyclic) bond motifs is 5. The summed E-state index contributed by atoms with van der Waals surface area (Å²) in [6.07, 6.45) is 5.66. The molecule has 0 spiro atoms. The molecule has 0 saturated heterocycles. The maximum Gasteiger partial charge on any atom is 0.161 e. The Morgan fingerprint density at radius 2 is 1.76 bits per heavy atom. The number of aliphatic hydroxyl groups excluding tert-OH is 1. The number of hydrogen-bond donors (Lipinski definition) is 2. The van der Waals surface area contributed by atoms with Crippen LogP contribution in [-0.2, 0) is 9.59 Å². The van der Waals surface area contributed by atoms with Crippen LogP contribution in [0.4, 0.5) is 0 Å². The van der Waals surface area contributed by atoms with Gasteiger partial charge in [-0.15, -0.1) is 0 Å². The van der Waals surface area contributed by atoms with Crippen molar-refractivity contribution in [3.8, 4) is 0 Å². The van der Waals surface area contributed by atoms with E-state index in [4.69, 9.17) is 0 Å². The molecule has 0 radical (unpaired) electrons. The Bertz CT molecular complexity index is 615. The molecule has 0 aliphatic heterocycles. The van der Waals surface area contributed by atoms with E-state index in [1.165, 1.54) is 6.92 Å². The normalized spacial score (nSPS) is 55.2. The summed E-state index contributed by atoms with van der Waals surface area (Å²) >= 11 is 0. The van der Waals surface area contributed by atoms with Gasteiger partial charge >= 0.3 is 0 Å². The van der Waals surface area contributed by atoms with Gasteiger partial charge in [0, 0.05) is 18.3 Å². The Balaban J connectivity index is 1.69. The van der Waals surface area contributed by atoms with E-state index in [1.807, 2.05) is 0 Å². The Morgan fingerprint density at radius 3 is 2.44 bits per heavy atom. The minimum absolute atomic E-state index is 0.0223. The predicted octanol–water partition coefficient (Wildman–Crippen LogP) is 2.89. The average Bonchev–Trinajstić information content (AvgIpc) is 2.83. The van der Waals surface area contributed by atoms with Gasteiger partial charge in [-0.2, -0.15) is 0 Å². The van der Waals surface area contributed by atoms with Gasteiger partial charge < -0.3 is 10.2 Å². The number of carbonyl (C=O) groups excluding carboxylic acids is 2. The summed E-state index contributed by atoms with van der Waals surface area (Å²) < 4.78 is 0. The second-order valence-corrected chi connectivity index (χ2v) is 9.95. The lowest BCUT2D eigenvalue weighted by Crippen LogP contribution is -2.60. The lowest BCUT2D eigenvalue weighted by molar-refractivity contribution is -0.184. The molecule has 0 heterocycles. The Labute approximate surface area is 150 Å². The van der Waals surface area contributed by atoms with Gasteiger partial charge in [0.05, 0.1) is 6.10 Å². The lowest BCUT2D eigenvalue weighted by atomic mass is 9.43. The summed E-state index contributed by atoms with van der Waals surface area (Å²) in [4.78, 5) is 24.2. The molecule has 0 aromatic heterocycles. The molecule has 0 aromatic rings. The van der Waals surface area contributed by atoms with E-state index >= 15 is 0 Å². The maximum absolute atomic E-state index is 12.2. The van der Waals surface area contributed by atoms with Crippen molar-refractivity contribution in [2.24, 2.45) is 34.5 Å². The highest BCUT2D eigenvalue weighted by atomic mass is 16.3. The first-order chi connectivity index (χ1) is 11.6. The number of carbonyl (C=O) groups is 2. The highest BCUT2D eigenvalue weighted by molar-refractivity contribution is 5.86. The molecule has 25 heavy (non-hydrogen) atoms. The number of ketones is 2. The zero-order chi connectivity index (χ0) is 18.2. The zero-order valence-corrected chi connectivity index (χ0v) is 15.8. The van der Waals surface area contributed by atoms with Crippen LogP contribution in [0.3, 0.4) is 0 Å². The number of hydrogen-bond acceptors (Lipinski definition) is 4. The number of aliphatic hydroxyl groups is 2. The molecule has 0 aromatic carbocycles. The van der Waals surface area contributed by atoms with Gasteiger partial charge in [-0.3, -0.25) is 9.59 Å². The first-order valence-electron chi connectivity index (χ1n) is 10.1. The van der Waals surface area contributed by atoms with Crippen molar-refractivity contribution in [1.29, 1.82) is 0 Å². The zero-order valence-electron chi connectivity index (χ0n) is 15.8. The molecule has 4 nitrogen and oxygen atoms in total. The highest BCUT2D eigenvalue weighted by Crippen LogP contribution is 2.68. The van der Waals surface area contributed by atoms with E-state index < -0.39 is 11.7 Å². The second-order valence-electron chi connectivity index (χ2n) is 9.95. The molecule has 4 fully saturated rings. The molecule has 4 rings (SSSR count). The molecule has 8 atom stereocenters. The summed E-state index contributed by atoms with van der Waals surface area (Å²) in [5.74, 6) is 1.45. The van der Waals surface area contributed by atoms with Crippen molar-refractivity contribution in [3.05, 3.63) is 0 Å². The molecule has 4 saturated carbocycles. The summed E-state index contributed by atoms with van der Waals surface area (Å²) in [6, 6.07) is 0. The molecule has 4 heteroatoms. The van der Waals surface area contributed by atoms with Gasteiger partial charge in [0.1, 0.15) is 11.4 Å². The van der Waals surface area contributed by atoms with Crippen molar-refractivity contribution in [2.45, 2.75) is 83.8 Å². The fourth-order valence-corrected chi connectivity index (χ4v) is 7.68. The third-order valence-corrected chi connectivity index (χ3v) is 9.23. The summed E-state index contributed by atoms with van der Waals surface area (Å²) in [7, 11) is 0. The SMILES string of the molecule is CC(=O)C1(O)CCC2C3CC(O)C4CC(=O)CCC4(C)C3CCC21C. The van der Waals surface area contributed by atoms with E-state index in [9.17, 15) is 19.8 Å². The molecule has 140 valence electrons. The van der Waals surface area contributed by atoms with Gasteiger partial charge in [0.15, 0.2) is 5.78 Å². The molecular weight excluding hydrogens is 316 g/mol. The fourth-order valence-electron chi connectivity index (χ4n) is 7.68. The first kappa shape index (κ1) is 17.7. The van der Waals surface area contributed by atoms with E-state index in [1.54, 1.807) is 0 Å². The van der Waals surface area contributed by atoms with Gasteiger partial charge in [0.2, 0.25) is 0 Å². The highest BCUT2D eigenvalue weighted by Gasteiger charge is 2.67. The minimum Gasteiger partial charge on any atom is -0.393 e. The van der Waals surface area contributed by atoms with Crippen LogP contribution in [-0.4, -0.2) is 33.5 Å². The summed E-state index contributed by atoms with van der Waals surface area (Å²) in [5, 5.41) is 22.0. The van der Waals surface area contributed by atoms with E-state index in [2.05, 4.69) is 13.8 Å². The molecule has 0 bridgehead atoms. The van der Waals surface area contributed by atoms with Crippen molar-refractivity contribution in [3.63, 3.8) is 0 Å². The van der Waals surface area contributed by atoms with Gasteiger partial charge in [-0.1, -0.05) is 13.8 Å². The molecular formula is C21H32O4. The van der Waals surface area contributed by atoms with E-state index in [-0.39, 0.29) is 22.5 Å². The molecule has 4 aliphatic carbocycles. The van der Waals surface area contributed by atoms with Crippen LogP contribution in [0.2, 0.25) is 0 Å². The average molecular weight is 348 g/mol. The minimum atomic E-state index is -1.20. The monoisotopic (exact) mass is 348 g/mol. The van der Waals surface area contributed by atoms with Crippen molar-refractivity contribution < 1.29 is 19.8 Å². The molecule has 0 amide bonds.